The zero-order valence-electron chi connectivity index (χ0n) is 18.8. The summed E-state index contributed by atoms with van der Waals surface area (Å²) in [6.45, 7) is 4.51. The number of amides is 1. The highest BCUT2D eigenvalue weighted by Gasteiger charge is 2.29. The van der Waals surface area contributed by atoms with Crippen molar-refractivity contribution in [1.29, 1.82) is 0 Å². The van der Waals surface area contributed by atoms with Crippen LogP contribution < -0.4 is 5.32 Å². The molecule has 2 fully saturated rings. The topological polar surface area (TPSA) is 79.6 Å². The molecule has 2 heterocycles. The molecule has 8 heteroatoms. The Bertz CT molecular complexity index is 931. The van der Waals surface area contributed by atoms with Crippen LogP contribution in [0.3, 0.4) is 0 Å². The van der Waals surface area contributed by atoms with Crippen LogP contribution >= 0.6 is 11.6 Å². The molecular formula is C24H33ClN4O3. The third-order valence-electron chi connectivity index (χ3n) is 6.53. The summed E-state index contributed by atoms with van der Waals surface area (Å²) in [6.07, 6.45) is 8.03. The summed E-state index contributed by atoms with van der Waals surface area (Å²) in [6, 6.07) is 7.33. The van der Waals surface area contributed by atoms with E-state index in [0.717, 1.165) is 81.4 Å². The second-order valence-electron chi connectivity index (χ2n) is 9.08. The van der Waals surface area contributed by atoms with Crippen molar-refractivity contribution in [2.24, 2.45) is 0 Å². The average Bonchev–Trinajstić information content (AvgIpc) is 3.37. The summed E-state index contributed by atoms with van der Waals surface area (Å²) < 4.78 is 1.82. The van der Waals surface area contributed by atoms with E-state index in [-0.39, 0.29) is 12.5 Å². The standard InChI is InChI=1S/C24H33ClN4O3/c1-18-14-22(27-29(18)17-32-28-12-6-7-13-28)19-8-9-21(25)20(15-19)23(30)26-16-24(31)10-4-2-3-5-11-24/h8-9,14-15,31H,2-7,10-13,16-17H2,1H3,(H,26,30). The first-order valence-corrected chi connectivity index (χ1v) is 12.0. The number of aryl methyl sites for hydroxylation is 1. The molecule has 2 N–H and O–H groups in total. The molecule has 1 amide bonds. The lowest BCUT2D eigenvalue weighted by atomic mass is 9.94. The van der Waals surface area contributed by atoms with Crippen LogP contribution in [0.2, 0.25) is 5.02 Å². The first kappa shape index (κ1) is 23.2. The number of aliphatic hydroxyl groups is 1. The van der Waals surface area contributed by atoms with Gasteiger partial charge in [-0.05, 0) is 50.8 Å². The number of hydroxylamine groups is 2. The van der Waals surface area contributed by atoms with E-state index < -0.39 is 5.60 Å². The molecule has 0 atom stereocenters. The lowest BCUT2D eigenvalue weighted by Gasteiger charge is -2.26. The Morgan fingerprint density at radius 3 is 2.59 bits per heavy atom. The monoisotopic (exact) mass is 460 g/mol. The van der Waals surface area contributed by atoms with E-state index in [1.54, 1.807) is 12.1 Å². The van der Waals surface area contributed by atoms with Crippen LogP contribution in [0.4, 0.5) is 0 Å². The Morgan fingerprint density at radius 1 is 1.16 bits per heavy atom. The fraction of sp³-hybridized carbons (Fsp3) is 0.583. The van der Waals surface area contributed by atoms with Gasteiger partial charge in [-0.25, -0.2) is 4.68 Å². The molecular weight excluding hydrogens is 428 g/mol. The SMILES string of the molecule is Cc1cc(-c2ccc(Cl)c(C(=O)NCC3(O)CCCCCC3)c2)nn1CON1CCCC1. The molecule has 1 aliphatic carbocycles. The van der Waals surface area contributed by atoms with Gasteiger partial charge in [0.2, 0.25) is 0 Å². The molecule has 1 saturated carbocycles. The quantitative estimate of drug-likeness (QED) is 0.602. The van der Waals surface area contributed by atoms with Crippen molar-refractivity contribution in [3.63, 3.8) is 0 Å². The maximum absolute atomic E-state index is 12.9. The second kappa shape index (κ2) is 10.3. The molecule has 2 aliphatic rings. The number of nitrogens with one attached hydrogen (secondary N) is 1. The molecule has 0 spiro atoms. The molecule has 174 valence electrons. The fourth-order valence-electron chi connectivity index (χ4n) is 4.50. The number of benzene rings is 1. The average molecular weight is 461 g/mol. The molecule has 2 aromatic rings. The normalized spacial score (nSPS) is 19.1. The summed E-state index contributed by atoms with van der Waals surface area (Å²) in [5, 5.41) is 20.8. The van der Waals surface area contributed by atoms with Gasteiger partial charge in [-0.2, -0.15) is 10.2 Å². The number of rotatable bonds is 7. The van der Waals surface area contributed by atoms with Crippen molar-refractivity contribution in [1.82, 2.24) is 20.2 Å². The molecule has 1 aromatic heterocycles. The van der Waals surface area contributed by atoms with Crippen molar-refractivity contribution in [2.75, 3.05) is 19.6 Å². The number of hydrogen-bond acceptors (Lipinski definition) is 5. The Morgan fingerprint density at radius 2 is 1.88 bits per heavy atom. The van der Waals surface area contributed by atoms with E-state index in [4.69, 9.17) is 16.4 Å². The Labute approximate surface area is 194 Å². The van der Waals surface area contributed by atoms with Crippen molar-refractivity contribution in [3.05, 3.63) is 40.5 Å². The Kier molecular flexibility index (Phi) is 7.51. The van der Waals surface area contributed by atoms with Gasteiger partial charge in [0.05, 0.1) is 21.9 Å². The molecule has 0 unspecified atom stereocenters. The van der Waals surface area contributed by atoms with E-state index in [0.29, 0.717) is 17.3 Å². The van der Waals surface area contributed by atoms with Crippen molar-refractivity contribution in [2.45, 2.75) is 70.6 Å². The van der Waals surface area contributed by atoms with Gasteiger partial charge in [-0.1, -0.05) is 43.4 Å². The van der Waals surface area contributed by atoms with E-state index in [1.807, 2.05) is 28.8 Å². The summed E-state index contributed by atoms with van der Waals surface area (Å²) >= 11 is 6.35. The van der Waals surface area contributed by atoms with Crippen LogP contribution in [0.25, 0.3) is 11.3 Å². The molecule has 1 aromatic carbocycles. The van der Waals surface area contributed by atoms with Crippen molar-refractivity contribution >= 4 is 17.5 Å². The summed E-state index contributed by atoms with van der Waals surface area (Å²) in [5.74, 6) is -0.275. The number of carbonyl (C=O) groups excluding carboxylic acids is 1. The molecule has 7 nitrogen and oxygen atoms in total. The minimum atomic E-state index is -0.832. The van der Waals surface area contributed by atoms with Gasteiger partial charge in [0.15, 0.2) is 6.73 Å². The smallest absolute Gasteiger partial charge is 0.252 e. The number of nitrogens with zero attached hydrogens (tertiary/aromatic N) is 3. The third kappa shape index (κ3) is 5.70. The largest absolute Gasteiger partial charge is 0.388 e. The van der Waals surface area contributed by atoms with Gasteiger partial charge >= 0.3 is 0 Å². The van der Waals surface area contributed by atoms with Crippen LogP contribution in [0.15, 0.2) is 24.3 Å². The van der Waals surface area contributed by atoms with Crippen LogP contribution in [0.1, 0.15) is 67.4 Å². The van der Waals surface area contributed by atoms with Crippen LogP contribution in [0.5, 0.6) is 0 Å². The molecule has 4 rings (SSSR count). The highest BCUT2D eigenvalue weighted by molar-refractivity contribution is 6.34. The van der Waals surface area contributed by atoms with Gasteiger partial charge < -0.3 is 10.4 Å². The first-order chi connectivity index (χ1) is 15.4. The summed E-state index contributed by atoms with van der Waals surface area (Å²) in [5.41, 5.74) is 2.12. The lowest BCUT2D eigenvalue weighted by molar-refractivity contribution is -0.176. The fourth-order valence-corrected chi connectivity index (χ4v) is 4.70. The first-order valence-electron chi connectivity index (χ1n) is 11.7. The zero-order valence-corrected chi connectivity index (χ0v) is 19.5. The lowest BCUT2D eigenvalue weighted by Crippen LogP contribution is -2.42. The predicted octanol–water partition coefficient (Wildman–Crippen LogP) is 4.31. The third-order valence-corrected chi connectivity index (χ3v) is 6.86. The van der Waals surface area contributed by atoms with Gasteiger partial charge in [0.1, 0.15) is 0 Å². The Hall–Kier alpha value is -1.93. The maximum Gasteiger partial charge on any atom is 0.252 e. The molecule has 0 bridgehead atoms. The van der Waals surface area contributed by atoms with Crippen LogP contribution in [-0.2, 0) is 11.6 Å². The summed E-state index contributed by atoms with van der Waals surface area (Å²) in [4.78, 5) is 18.7. The van der Waals surface area contributed by atoms with Gasteiger partial charge in [0, 0.05) is 30.9 Å². The minimum Gasteiger partial charge on any atom is -0.388 e. The van der Waals surface area contributed by atoms with E-state index in [9.17, 15) is 9.90 Å². The minimum absolute atomic E-state index is 0.244. The van der Waals surface area contributed by atoms with Crippen molar-refractivity contribution < 1.29 is 14.7 Å². The predicted molar refractivity (Wildman–Crippen MR) is 124 cm³/mol. The Balaban J connectivity index is 1.44. The van der Waals surface area contributed by atoms with Crippen LogP contribution in [-0.4, -0.2) is 51.1 Å². The zero-order chi connectivity index (χ0) is 22.6. The molecule has 1 saturated heterocycles. The maximum atomic E-state index is 12.9. The highest BCUT2D eigenvalue weighted by atomic mass is 35.5. The summed E-state index contributed by atoms with van der Waals surface area (Å²) in [7, 11) is 0. The van der Waals surface area contributed by atoms with E-state index >= 15 is 0 Å². The van der Waals surface area contributed by atoms with E-state index in [1.165, 1.54) is 0 Å². The van der Waals surface area contributed by atoms with Crippen LogP contribution in [0, 0.1) is 6.92 Å². The van der Waals surface area contributed by atoms with Gasteiger partial charge in [-0.3, -0.25) is 9.63 Å². The molecule has 1 aliphatic heterocycles. The van der Waals surface area contributed by atoms with Gasteiger partial charge in [-0.15, -0.1) is 0 Å². The number of hydrogen-bond donors (Lipinski definition) is 2. The van der Waals surface area contributed by atoms with Gasteiger partial charge in [0.25, 0.3) is 5.91 Å². The van der Waals surface area contributed by atoms with Crippen molar-refractivity contribution in [3.8, 4) is 11.3 Å². The highest BCUT2D eigenvalue weighted by Crippen LogP contribution is 2.28. The molecule has 32 heavy (non-hydrogen) atoms. The number of aromatic nitrogens is 2. The van der Waals surface area contributed by atoms with E-state index in [2.05, 4.69) is 10.4 Å². The second-order valence-corrected chi connectivity index (χ2v) is 9.49. The number of carbonyl (C=O) groups is 1. The molecule has 0 radical (unpaired) electrons. The number of halogens is 1.